The Kier molecular flexibility index (Phi) is 4.25. The molecule has 0 amide bonds. The van der Waals surface area contributed by atoms with Gasteiger partial charge in [0.05, 0.1) is 0 Å². The molecule has 3 heterocycles. The van der Waals surface area contributed by atoms with Crippen LogP contribution < -0.4 is 15.5 Å². The third kappa shape index (κ3) is 3.42. The van der Waals surface area contributed by atoms with Gasteiger partial charge >= 0.3 is 0 Å². The van der Waals surface area contributed by atoms with Crippen molar-refractivity contribution in [2.45, 2.75) is 37.8 Å². The second kappa shape index (κ2) is 6.30. The van der Waals surface area contributed by atoms with Gasteiger partial charge in [-0.3, -0.25) is 0 Å². The molecule has 2 saturated heterocycles. The summed E-state index contributed by atoms with van der Waals surface area (Å²) >= 11 is 0. The Morgan fingerprint density at radius 2 is 1.89 bits per heavy atom. The molecule has 3 rings (SSSR count). The first-order chi connectivity index (χ1) is 9.42. The van der Waals surface area contributed by atoms with E-state index in [1.165, 1.54) is 32.2 Å². The lowest BCUT2D eigenvalue weighted by Gasteiger charge is -2.35. The summed E-state index contributed by atoms with van der Waals surface area (Å²) in [6, 6.07) is 3.19. The van der Waals surface area contributed by atoms with Crippen LogP contribution in [0.5, 0.6) is 0 Å². The highest BCUT2D eigenvalue weighted by molar-refractivity contribution is 5.29. The molecule has 0 spiro atoms. The smallest absolute Gasteiger partial charge is 0.225 e. The van der Waals surface area contributed by atoms with Gasteiger partial charge in [-0.2, -0.15) is 0 Å². The van der Waals surface area contributed by atoms with E-state index in [-0.39, 0.29) is 0 Å². The molecule has 1 aromatic heterocycles. The molecular weight excluding hydrogens is 238 g/mol. The molecule has 2 fully saturated rings. The average molecular weight is 261 g/mol. The lowest BCUT2D eigenvalue weighted by atomic mass is 10.0. The van der Waals surface area contributed by atoms with Crippen molar-refractivity contribution in [3.05, 3.63) is 18.5 Å². The number of nitrogens with zero attached hydrogens (tertiary/aromatic N) is 3. The Bertz CT molecular complexity index is 369. The van der Waals surface area contributed by atoms with E-state index in [1.54, 1.807) is 0 Å². The number of hydrogen-bond donors (Lipinski definition) is 2. The van der Waals surface area contributed by atoms with E-state index in [4.69, 9.17) is 0 Å². The van der Waals surface area contributed by atoms with Crippen LogP contribution in [0.1, 0.15) is 25.7 Å². The topological polar surface area (TPSA) is 53.1 Å². The first-order valence-corrected chi connectivity index (χ1v) is 7.40. The van der Waals surface area contributed by atoms with Gasteiger partial charge in [-0.1, -0.05) is 0 Å². The summed E-state index contributed by atoms with van der Waals surface area (Å²) in [5.41, 5.74) is 0. The second-order valence-corrected chi connectivity index (χ2v) is 5.52. The van der Waals surface area contributed by atoms with Gasteiger partial charge < -0.3 is 15.5 Å². The number of anilines is 1. The lowest BCUT2D eigenvalue weighted by molar-refractivity contribution is 0.318. The van der Waals surface area contributed by atoms with E-state index in [1.807, 2.05) is 18.5 Å². The first-order valence-electron chi connectivity index (χ1n) is 7.40. The minimum atomic E-state index is 0.657. The van der Waals surface area contributed by atoms with Crippen molar-refractivity contribution in [3.8, 4) is 0 Å². The fraction of sp³-hybridized carbons (Fsp3) is 0.714. The standard InChI is InChI=1S/C14H23N5/c1-3-13(11-15-6-1)18-12-4-9-19(10-5-12)14-16-7-2-8-17-14/h2,7-8,12-13,15,18H,1,3-6,9-11H2. The maximum absolute atomic E-state index is 4.33. The molecule has 0 saturated carbocycles. The summed E-state index contributed by atoms with van der Waals surface area (Å²) in [6.07, 6.45) is 8.63. The van der Waals surface area contributed by atoms with Gasteiger partial charge in [0.25, 0.3) is 0 Å². The van der Waals surface area contributed by atoms with E-state index >= 15 is 0 Å². The predicted octanol–water partition coefficient (Wildman–Crippen LogP) is 0.787. The van der Waals surface area contributed by atoms with E-state index in [2.05, 4.69) is 25.5 Å². The van der Waals surface area contributed by atoms with Crippen LogP contribution in [-0.4, -0.2) is 48.2 Å². The largest absolute Gasteiger partial charge is 0.341 e. The molecule has 2 N–H and O–H groups in total. The number of rotatable bonds is 3. The maximum Gasteiger partial charge on any atom is 0.225 e. The SMILES string of the molecule is c1cnc(N2CCC(NC3CCCNC3)CC2)nc1. The molecule has 19 heavy (non-hydrogen) atoms. The summed E-state index contributed by atoms with van der Waals surface area (Å²) in [7, 11) is 0. The van der Waals surface area contributed by atoms with Crippen molar-refractivity contribution in [1.82, 2.24) is 20.6 Å². The zero-order valence-electron chi connectivity index (χ0n) is 11.4. The number of piperidine rings is 2. The quantitative estimate of drug-likeness (QED) is 0.842. The third-order valence-electron chi connectivity index (χ3n) is 4.10. The molecule has 1 unspecified atom stereocenters. The molecule has 0 radical (unpaired) electrons. The molecule has 0 aromatic carbocycles. The van der Waals surface area contributed by atoms with Gasteiger partial charge in [-0.15, -0.1) is 0 Å². The Hall–Kier alpha value is -1.20. The zero-order chi connectivity index (χ0) is 12.9. The highest BCUT2D eigenvalue weighted by Gasteiger charge is 2.23. The number of nitrogens with one attached hydrogen (secondary N) is 2. The summed E-state index contributed by atoms with van der Waals surface area (Å²) in [6.45, 7) is 4.42. The van der Waals surface area contributed by atoms with E-state index in [9.17, 15) is 0 Å². The summed E-state index contributed by atoms with van der Waals surface area (Å²) in [5, 5.41) is 7.27. The fourth-order valence-electron chi connectivity index (χ4n) is 3.03. The van der Waals surface area contributed by atoms with Crippen molar-refractivity contribution in [3.63, 3.8) is 0 Å². The van der Waals surface area contributed by atoms with Crippen molar-refractivity contribution in [2.24, 2.45) is 0 Å². The van der Waals surface area contributed by atoms with Gasteiger partial charge in [-0.05, 0) is 38.3 Å². The molecule has 1 atom stereocenters. The van der Waals surface area contributed by atoms with E-state index < -0.39 is 0 Å². The molecule has 0 bridgehead atoms. The highest BCUT2D eigenvalue weighted by atomic mass is 15.3. The fourth-order valence-corrected chi connectivity index (χ4v) is 3.03. The minimum absolute atomic E-state index is 0.657. The number of hydrogen-bond acceptors (Lipinski definition) is 5. The van der Waals surface area contributed by atoms with Crippen molar-refractivity contribution in [1.29, 1.82) is 0 Å². The van der Waals surface area contributed by atoms with Crippen molar-refractivity contribution in [2.75, 3.05) is 31.1 Å². The Balaban J connectivity index is 1.46. The molecule has 104 valence electrons. The van der Waals surface area contributed by atoms with Crippen LogP contribution in [0.15, 0.2) is 18.5 Å². The predicted molar refractivity (Wildman–Crippen MR) is 76.3 cm³/mol. The normalized spacial score (nSPS) is 25.5. The Morgan fingerprint density at radius 1 is 1.11 bits per heavy atom. The van der Waals surface area contributed by atoms with Crippen molar-refractivity contribution < 1.29 is 0 Å². The molecule has 0 aliphatic carbocycles. The monoisotopic (exact) mass is 261 g/mol. The molecule has 5 heteroatoms. The van der Waals surface area contributed by atoms with Gasteiger partial charge in [0, 0.05) is 44.1 Å². The maximum atomic E-state index is 4.33. The van der Waals surface area contributed by atoms with E-state index in [0.29, 0.717) is 12.1 Å². The van der Waals surface area contributed by atoms with Gasteiger partial charge in [0.2, 0.25) is 5.95 Å². The molecule has 5 nitrogen and oxygen atoms in total. The molecular formula is C14H23N5. The van der Waals surface area contributed by atoms with Crippen LogP contribution >= 0.6 is 0 Å². The zero-order valence-corrected chi connectivity index (χ0v) is 11.4. The van der Waals surface area contributed by atoms with Crippen LogP contribution in [0, 0.1) is 0 Å². The van der Waals surface area contributed by atoms with Gasteiger partial charge in [0.15, 0.2) is 0 Å². The summed E-state index contributed by atoms with van der Waals surface area (Å²) < 4.78 is 0. The Labute approximate surface area is 114 Å². The van der Waals surface area contributed by atoms with Gasteiger partial charge in [0.1, 0.15) is 0 Å². The summed E-state index contributed by atoms with van der Waals surface area (Å²) in [4.78, 5) is 10.9. The average Bonchev–Trinajstić information content (AvgIpc) is 2.50. The first kappa shape index (κ1) is 12.8. The number of aromatic nitrogens is 2. The van der Waals surface area contributed by atoms with Crippen LogP contribution in [-0.2, 0) is 0 Å². The van der Waals surface area contributed by atoms with Gasteiger partial charge in [-0.25, -0.2) is 9.97 Å². The minimum Gasteiger partial charge on any atom is -0.341 e. The van der Waals surface area contributed by atoms with Crippen molar-refractivity contribution >= 4 is 5.95 Å². The highest BCUT2D eigenvalue weighted by Crippen LogP contribution is 2.16. The van der Waals surface area contributed by atoms with Crippen LogP contribution in [0.4, 0.5) is 5.95 Å². The second-order valence-electron chi connectivity index (χ2n) is 5.52. The summed E-state index contributed by atoms with van der Waals surface area (Å²) in [5.74, 6) is 0.875. The molecule has 1 aromatic rings. The van der Waals surface area contributed by atoms with E-state index in [0.717, 1.165) is 25.6 Å². The lowest BCUT2D eigenvalue weighted by Crippen LogP contribution is -2.51. The van der Waals surface area contributed by atoms with Crippen LogP contribution in [0.2, 0.25) is 0 Å². The van der Waals surface area contributed by atoms with Crippen LogP contribution in [0.3, 0.4) is 0 Å². The van der Waals surface area contributed by atoms with Crippen LogP contribution in [0.25, 0.3) is 0 Å². The third-order valence-corrected chi connectivity index (χ3v) is 4.10. The molecule has 2 aliphatic heterocycles. The Morgan fingerprint density at radius 3 is 2.58 bits per heavy atom. The molecule has 2 aliphatic rings.